The maximum atomic E-state index is 12.8. The summed E-state index contributed by atoms with van der Waals surface area (Å²) >= 11 is 6.09. The zero-order chi connectivity index (χ0) is 18.6. The van der Waals surface area contributed by atoms with Gasteiger partial charge in [-0.1, -0.05) is 30.5 Å². The molecule has 2 fully saturated rings. The van der Waals surface area contributed by atoms with Crippen molar-refractivity contribution < 1.29 is 4.79 Å². The number of anilines is 2. The van der Waals surface area contributed by atoms with Gasteiger partial charge in [-0.3, -0.25) is 4.79 Å². The second-order valence-electron chi connectivity index (χ2n) is 7.32. The van der Waals surface area contributed by atoms with Crippen molar-refractivity contribution >= 4 is 29.0 Å². The van der Waals surface area contributed by atoms with Crippen molar-refractivity contribution in [3.8, 4) is 0 Å². The zero-order valence-electron chi connectivity index (χ0n) is 15.4. The summed E-state index contributed by atoms with van der Waals surface area (Å²) in [6.07, 6.45) is 6.69. The number of piperazine rings is 1. The van der Waals surface area contributed by atoms with Crippen LogP contribution in [-0.4, -0.2) is 48.0 Å². The number of carbonyl (C=O) groups excluding carboxylic acids is 1. The normalized spacial score (nSPS) is 18.0. The monoisotopic (exact) mass is 384 g/mol. The van der Waals surface area contributed by atoms with E-state index in [0.717, 1.165) is 29.6 Å². The van der Waals surface area contributed by atoms with Crippen LogP contribution in [0.15, 0.2) is 42.6 Å². The minimum Gasteiger partial charge on any atom is -0.368 e. The Hall–Kier alpha value is -2.27. The van der Waals surface area contributed by atoms with Gasteiger partial charge in [0.2, 0.25) is 0 Å². The molecular weight excluding hydrogens is 360 g/mol. The van der Waals surface area contributed by atoms with E-state index in [1.807, 2.05) is 35.2 Å². The predicted molar refractivity (Wildman–Crippen MR) is 110 cm³/mol. The standard InChI is InChI=1S/C21H25ClN4O/c22-17-4-3-7-19(14-17)25-10-12-26(13-11-25)21(27)16-8-9-20(23-15-16)24-18-5-1-2-6-18/h3-4,7-9,14-15,18H,1-2,5-6,10-13H2,(H,23,24). The van der Waals surface area contributed by atoms with Crippen molar-refractivity contribution in [1.29, 1.82) is 0 Å². The van der Waals surface area contributed by atoms with E-state index in [2.05, 4.69) is 21.3 Å². The highest BCUT2D eigenvalue weighted by Crippen LogP contribution is 2.23. The minimum atomic E-state index is 0.0562. The Kier molecular flexibility index (Phi) is 5.48. The Morgan fingerprint density at radius 1 is 1.07 bits per heavy atom. The van der Waals surface area contributed by atoms with Gasteiger partial charge in [-0.05, 0) is 43.2 Å². The first-order valence-corrected chi connectivity index (χ1v) is 10.1. The number of pyridine rings is 1. The zero-order valence-corrected chi connectivity index (χ0v) is 16.2. The number of halogens is 1. The molecule has 0 spiro atoms. The molecule has 1 aliphatic carbocycles. The molecule has 142 valence electrons. The lowest BCUT2D eigenvalue weighted by atomic mass is 10.2. The van der Waals surface area contributed by atoms with Crippen LogP contribution in [0, 0.1) is 0 Å². The summed E-state index contributed by atoms with van der Waals surface area (Å²) in [5.74, 6) is 0.921. The molecule has 2 aliphatic rings. The van der Waals surface area contributed by atoms with Crippen LogP contribution in [0.5, 0.6) is 0 Å². The van der Waals surface area contributed by atoms with Gasteiger partial charge in [0, 0.05) is 49.1 Å². The molecule has 1 saturated carbocycles. The number of carbonyl (C=O) groups is 1. The van der Waals surface area contributed by atoms with Gasteiger partial charge < -0.3 is 15.1 Å². The number of benzene rings is 1. The van der Waals surface area contributed by atoms with Crippen molar-refractivity contribution in [2.75, 3.05) is 36.4 Å². The maximum Gasteiger partial charge on any atom is 0.255 e. The van der Waals surface area contributed by atoms with Crippen LogP contribution in [0.2, 0.25) is 5.02 Å². The molecule has 1 saturated heterocycles. The van der Waals surface area contributed by atoms with Crippen LogP contribution >= 0.6 is 11.6 Å². The fraction of sp³-hybridized carbons (Fsp3) is 0.429. The van der Waals surface area contributed by atoms with Crippen LogP contribution in [0.4, 0.5) is 11.5 Å². The molecule has 1 aromatic heterocycles. The summed E-state index contributed by atoms with van der Waals surface area (Å²) in [6.45, 7) is 3.02. The number of nitrogens with one attached hydrogen (secondary N) is 1. The van der Waals surface area contributed by atoms with E-state index in [1.54, 1.807) is 6.20 Å². The highest BCUT2D eigenvalue weighted by Gasteiger charge is 2.23. The van der Waals surface area contributed by atoms with E-state index in [1.165, 1.54) is 25.7 Å². The van der Waals surface area contributed by atoms with E-state index in [4.69, 9.17) is 11.6 Å². The van der Waals surface area contributed by atoms with Crippen molar-refractivity contribution in [3.63, 3.8) is 0 Å². The average molecular weight is 385 g/mol. The molecule has 1 amide bonds. The lowest BCUT2D eigenvalue weighted by Crippen LogP contribution is -2.48. The third-order valence-corrected chi connectivity index (χ3v) is 5.69. The van der Waals surface area contributed by atoms with Crippen LogP contribution in [0.1, 0.15) is 36.0 Å². The van der Waals surface area contributed by atoms with Gasteiger partial charge in [0.15, 0.2) is 0 Å². The number of rotatable bonds is 4. The van der Waals surface area contributed by atoms with E-state index in [-0.39, 0.29) is 5.91 Å². The molecule has 5 nitrogen and oxygen atoms in total. The van der Waals surface area contributed by atoms with E-state index in [9.17, 15) is 4.79 Å². The fourth-order valence-electron chi connectivity index (χ4n) is 3.91. The maximum absolute atomic E-state index is 12.8. The van der Waals surface area contributed by atoms with Crippen molar-refractivity contribution in [1.82, 2.24) is 9.88 Å². The molecule has 27 heavy (non-hydrogen) atoms. The lowest BCUT2D eigenvalue weighted by molar-refractivity contribution is 0.0746. The van der Waals surface area contributed by atoms with Gasteiger partial charge >= 0.3 is 0 Å². The van der Waals surface area contributed by atoms with E-state index >= 15 is 0 Å². The minimum absolute atomic E-state index is 0.0562. The highest BCUT2D eigenvalue weighted by atomic mass is 35.5. The second kappa shape index (κ2) is 8.17. The van der Waals surface area contributed by atoms with Crippen LogP contribution in [0.25, 0.3) is 0 Å². The molecule has 0 bridgehead atoms. The van der Waals surface area contributed by atoms with Gasteiger partial charge in [0.25, 0.3) is 5.91 Å². The number of aromatic nitrogens is 1. The van der Waals surface area contributed by atoms with Crippen molar-refractivity contribution in [3.05, 3.63) is 53.2 Å². The molecule has 2 heterocycles. The molecular formula is C21H25ClN4O. The summed E-state index contributed by atoms with van der Waals surface area (Å²) in [5.41, 5.74) is 1.77. The highest BCUT2D eigenvalue weighted by molar-refractivity contribution is 6.30. The van der Waals surface area contributed by atoms with Gasteiger partial charge in [-0.15, -0.1) is 0 Å². The molecule has 1 aromatic carbocycles. The summed E-state index contributed by atoms with van der Waals surface area (Å²) in [7, 11) is 0. The van der Waals surface area contributed by atoms with Crippen LogP contribution in [-0.2, 0) is 0 Å². The average Bonchev–Trinajstić information content (AvgIpc) is 3.21. The molecule has 1 N–H and O–H groups in total. The quantitative estimate of drug-likeness (QED) is 0.863. The molecule has 1 aliphatic heterocycles. The fourth-order valence-corrected chi connectivity index (χ4v) is 4.09. The SMILES string of the molecule is O=C(c1ccc(NC2CCCC2)nc1)N1CCN(c2cccc(Cl)c2)CC1. The molecule has 4 rings (SSSR count). The third kappa shape index (κ3) is 4.35. The van der Waals surface area contributed by atoms with E-state index in [0.29, 0.717) is 24.7 Å². The Bertz CT molecular complexity index is 781. The first-order chi connectivity index (χ1) is 13.2. The topological polar surface area (TPSA) is 48.5 Å². The Balaban J connectivity index is 1.33. The third-order valence-electron chi connectivity index (χ3n) is 5.46. The summed E-state index contributed by atoms with van der Waals surface area (Å²) in [6, 6.07) is 12.2. The number of hydrogen-bond donors (Lipinski definition) is 1. The number of amides is 1. The van der Waals surface area contributed by atoms with Crippen molar-refractivity contribution in [2.24, 2.45) is 0 Å². The lowest BCUT2D eigenvalue weighted by Gasteiger charge is -2.36. The first kappa shape index (κ1) is 18.1. The smallest absolute Gasteiger partial charge is 0.255 e. The van der Waals surface area contributed by atoms with Gasteiger partial charge in [-0.2, -0.15) is 0 Å². The molecule has 0 radical (unpaired) electrons. The molecule has 6 heteroatoms. The largest absolute Gasteiger partial charge is 0.368 e. The summed E-state index contributed by atoms with van der Waals surface area (Å²) < 4.78 is 0. The Morgan fingerprint density at radius 2 is 1.85 bits per heavy atom. The van der Waals surface area contributed by atoms with Crippen molar-refractivity contribution in [2.45, 2.75) is 31.7 Å². The van der Waals surface area contributed by atoms with Gasteiger partial charge in [0.1, 0.15) is 5.82 Å². The predicted octanol–water partition coefficient (Wildman–Crippen LogP) is 4.05. The molecule has 0 unspecified atom stereocenters. The first-order valence-electron chi connectivity index (χ1n) is 9.71. The van der Waals surface area contributed by atoms with Crippen LogP contribution in [0.3, 0.4) is 0 Å². The number of hydrogen-bond acceptors (Lipinski definition) is 4. The second-order valence-corrected chi connectivity index (χ2v) is 7.75. The van der Waals surface area contributed by atoms with Gasteiger partial charge in [-0.25, -0.2) is 4.98 Å². The summed E-state index contributed by atoms with van der Waals surface area (Å²) in [4.78, 5) is 21.4. The Labute approximate surface area is 165 Å². The Morgan fingerprint density at radius 3 is 2.52 bits per heavy atom. The molecule has 2 aromatic rings. The van der Waals surface area contributed by atoms with E-state index < -0.39 is 0 Å². The van der Waals surface area contributed by atoms with Crippen LogP contribution < -0.4 is 10.2 Å². The number of nitrogens with zero attached hydrogens (tertiary/aromatic N) is 3. The molecule has 0 atom stereocenters. The van der Waals surface area contributed by atoms with Gasteiger partial charge in [0.05, 0.1) is 5.56 Å². The summed E-state index contributed by atoms with van der Waals surface area (Å²) in [5, 5.41) is 4.20.